The van der Waals surface area contributed by atoms with Crippen LogP contribution in [0.4, 0.5) is 11.6 Å². The fourth-order valence-electron chi connectivity index (χ4n) is 6.86. The standard InChI is InChI=1S/C39H68N6O2/c1-3-5-7-9-11-13-15-16-17-18-19-21-23-25-27-29-31-44-38-36(43-39(44)47)35-37(40-32-41-38)45(33-42-35)34(46)30-28-26-24-22-20-14-12-10-8-6-4-2/h32-33H,3-31H2,1-2H3,(H,40,41)(H,43,47). The molecule has 0 aromatic carbocycles. The summed E-state index contributed by atoms with van der Waals surface area (Å²) in [5.41, 5.74) is 0.999. The Morgan fingerprint density at radius 1 is 0.638 bits per heavy atom. The number of unbranched alkanes of at least 4 members (excludes halogenated alkanes) is 25. The van der Waals surface area contributed by atoms with Crippen LogP contribution in [-0.2, 0) is 6.54 Å². The van der Waals surface area contributed by atoms with Gasteiger partial charge in [0, 0.05) is 13.0 Å². The summed E-state index contributed by atoms with van der Waals surface area (Å²) in [6, 6.07) is 0. The van der Waals surface area contributed by atoms with E-state index in [0.717, 1.165) is 25.7 Å². The van der Waals surface area contributed by atoms with Gasteiger partial charge in [0.25, 0.3) is 0 Å². The average molecular weight is 653 g/mol. The van der Waals surface area contributed by atoms with Crippen molar-refractivity contribution >= 4 is 23.9 Å². The van der Waals surface area contributed by atoms with Crippen molar-refractivity contribution in [2.24, 2.45) is 4.99 Å². The highest BCUT2D eigenvalue weighted by Crippen LogP contribution is 2.34. The van der Waals surface area contributed by atoms with E-state index in [-0.39, 0.29) is 11.6 Å². The molecule has 0 amide bonds. The monoisotopic (exact) mass is 653 g/mol. The number of fused-ring (bicyclic) bond motifs is 3. The summed E-state index contributed by atoms with van der Waals surface area (Å²) in [6.45, 7) is 5.17. The molecule has 266 valence electrons. The van der Waals surface area contributed by atoms with Gasteiger partial charge in [-0.25, -0.2) is 14.8 Å². The molecule has 2 N–H and O–H groups in total. The van der Waals surface area contributed by atoms with Crippen LogP contribution in [0, 0.1) is 0 Å². The number of H-pyrrole nitrogens is 1. The van der Waals surface area contributed by atoms with Crippen molar-refractivity contribution < 1.29 is 4.79 Å². The SMILES string of the molecule is CCCCCCCCCCCCCCCCCCn1c2c([nH]c1=O)-c1ncn(C(=O)CCCCCCCCCCCCC)c1NC=N2. The highest BCUT2D eigenvalue weighted by Gasteiger charge is 2.25. The molecule has 3 heterocycles. The molecule has 0 bridgehead atoms. The molecule has 0 unspecified atom stereocenters. The van der Waals surface area contributed by atoms with E-state index in [2.05, 4.69) is 34.1 Å². The van der Waals surface area contributed by atoms with Crippen molar-refractivity contribution in [1.29, 1.82) is 0 Å². The van der Waals surface area contributed by atoms with E-state index >= 15 is 0 Å². The highest BCUT2D eigenvalue weighted by molar-refractivity contribution is 5.94. The number of rotatable bonds is 29. The first-order chi connectivity index (χ1) is 23.2. The third-order valence-electron chi connectivity index (χ3n) is 9.85. The van der Waals surface area contributed by atoms with Crippen molar-refractivity contribution in [3.63, 3.8) is 0 Å². The van der Waals surface area contributed by atoms with Crippen molar-refractivity contribution in [3.05, 3.63) is 16.8 Å². The van der Waals surface area contributed by atoms with Crippen LogP contribution in [0.15, 0.2) is 16.1 Å². The predicted octanol–water partition coefficient (Wildman–Crippen LogP) is 11.7. The Balaban J connectivity index is 1.30. The minimum atomic E-state index is -0.164. The number of hydrogen-bond donors (Lipinski definition) is 2. The zero-order chi connectivity index (χ0) is 33.4. The van der Waals surface area contributed by atoms with Gasteiger partial charge in [-0.2, -0.15) is 0 Å². The molecule has 0 aliphatic carbocycles. The molecule has 8 nitrogen and oxygen atoms in total. The normalized spacial score (nSPS) is 12.2. The molecule has 0 saturated carbocycles. The lowest BCUT2D eigenvalue weighted by atomic mass is 10.0. The summed E-state index contributed by atoms with van der Waals surface area (Å²) in [6.07, 6.45) is 38.6. The van der Waals surface area contributed by atoms with Gasteiger partial charge < -0.3 is 10.3 Å². The van der Waals surface area contributed by atoms with Crippen LogP contribution in [0.25, 0.3) is 11.4 Å². The third-order valence-corrected chi connectivity index (χ3v) is 9.85. The van der Waals surface area contributed by atoms with Gasteiger partial charge in [-0.1, -0.05) is 174 Å². The summed E-state index contributed by atoms with van der Waals surface area (Å²) < 4.78 is 3.30. The Kier molecular flexibility index (Phi) is 20.2. The average Bonchev–Trinajstić information content (AvgIpc) is 3.58. The van der Waals surface area contributed by atoms with Gasteiger partial charge in [0.15, 0.2) is 5.82 Å². The Hall–Kier alpha value is -2.64. The zero-order valence-electron chi connectivity index (χ0n) is 30.3. The number of imidazole rings is 2. The number of carbonyl (C=O) groups is 1. The molecule has 47 heavy (non-hydrogen) atoms. The van der Waals surface area contributed by atoms with Gasteiger partial charge in [0.2, 0.25) is 5.91 Å². The lowest BCUT2D eigenvalue weighted by Gasteiger charge is -2.07. The first-order valence-electron chi connectivity index (χ1n) is 19.9. The van der Waals surface area contributed by atoms with Crippen molar-refractivity contribution in [1.82, 2.24) is 19.1 Å². The molecule has 1 aliphatic rings. The van der Waals surface area contributed by atoms with Crippen LogP contribution in [0.3, 0.4) is 0 Å². The van der Waals surface area contributed by atoms with Gasteiger partial charge in [-0.05, 0) is 12.8 Å². The first-order valence-corrected chi connectivity index (χ1v) is 19.9. The molecule has 1 aliphatic heterocycles. The molecule has 0 saturated heterocycles. The Morgan fingerprint density at radius 2 is 1.09 bits per heavy atom. The molecule has 2 aromatic rings. The zero-order valence-corrected chi connectivity index (χ0v) is 30.3. The van der Waals surface area contributed by atoms with Gasteiger partial charge in [-0.3, -0.25) is 13.9 Å². The Labute approximate surface area is 286 Å². The van der Waals surface area contributed by atoms with Crippen LogP contribution in [0.2, 0.25) is 0 Å². The molecular formula is C39H68N6O2. The summed E-state index contributed by atoms with van der Waals surface area (Å²) >= 11 is 0. The second-order valence-corrected chi connectivity index (χ2v) is 14.0. The molecule has 0 radical (unpaired) electrons. The second kappa shape index (κ2) is 24.5. The quantitative estimate of drug-likeness (QED) is 0.0854. The van der Waals surface area contributed by atoms with Crippen molar-refractivity contribution in [2.75, 3.05) is 5.32 Å². The smallest absolute Gasteiger partial charge is 0.327 e. The number of aromatic amines is 1. The maximum atomic E-state index is 13.1. The van der Waals surface area contributed by atoms with Crippen LogP contribution >= 0.6 is 0 Å². The lowest BCUT2D eigenvalue weighted by Crippen LogP contribution is -2.17. The van der Waals surface area contributed by atoms with E-state index in [0.29, 0.717) is 36.0 Å². The largest absolute Gasteiger partial charge is 0.330 e. The van der Waals surface area contributed by atoms with E-state index in [1.807, 2.05) is 0 Å². The summed E-state index contributed by atoms with van der Waals surface area (Å²) in [7, 11) is 0. The number of aliphatic imine (C=N–C) groups is 1. The van der Waals surface area contributed by atoms with E-state index in [9.17, 15) is 9.59 Å². The van der Waals surface area contributed by atoms with E-state index in [4.69, 9.17) is 0 Å². The van der Waals surface area contributed by atoms with Crippen LogP contribution in [0.1, 0.15) is 198 Å². The van der Waals surface area contributed by atoms with Crippen LogP contribution < -0.4 is 11.0 Å². The minimum absolute atomic E-state index is 0.0222. The number of carbonyl (C=O) groups excluding carboxylic acids is 1. The van der Waals surface area contributed by atoms with Gasteiger partial charge in [-0.15, -0.1) is 0 Å². The second-order valence-electron chi connectivity index (χ2n) is 14.0. The maximum Gasteiger partial charge on any atom is 0.327 e. The molecule has 3 rings (SSSR count). The number of nitrogens with zero attached hydrogens (tertiary/aromatic N) is 4. The number of hydrogen-bond acceptors (Lipinski definition) is 5. The topological polar surface area (TPSA) is 97.1 Å². The lowest BCUT2D eigenvalue weighted by molar-refractivity contribution is 0.0901. The molecule has 0 fully saturated rings. The molecule has 2 aromatic heterocycles. The third kappa shape index (κ3) is 14.6. The highest BCUT2D eigenvalue weighted by atomic mass is 16.2. The van der Waals surface area contributed by atoms with E-state index in [1.54, 1.807) is 21.8 Å². The molecular weight excluding hydrogens is 584 g/mol. The van der Waals surface area contributed by atoms with E-state index in [1.165, 1.54) is 148 Å². The number of nitrogens with one attached hydrogen (secondary N) is 2. The number of anilines is 1. The first kappa shape index (κ1) is 38.8. The Bertz CT molecular complexity index is 1190. The predicted molar refractivity (Wildman–Crippen MR) is 199 cm³/mol. The van der Waals surface area contributed by atoms with Gasteiger partial charge >= 0.3 is 5.69 Å². The van der Waals surface area contributed by atoms with Crippen molar-refractivity contribution in [3.8, 4) is 11.4 Å². The summed E-state index contributed by atoms with van der Waals surface area (Å²) in [4.78, 5) is 38.0. The van der Waals surface area contributed by atoms with Gasteiger partial charge in [0.1, 0.15) is 23.5 Å². The Morgan fingerprint density at radius 3 is 1.57 bits per heavy atom. The molecule has 0 spiro atoms. The fourth-order valence-corrected chi connectivity index (χ4v) is 6.86. The minimum Gasteiger partial charge on any atom is -0.330 e. The van der Waals surface area contributed by atoms with E-state index < -0.39 is 0 Å². The van der Waals surface area contributed by atoms with Crippen LogP contribution in [0.5, 0.6) is 0 Å². The van der Waals surface area contributed by atoms with Gasteiger partial charge in [0.05, 0.1) is 6.34 Å². The summed E-state index contributed by atoms with van der Waals surface area (Å²) in [5, 5.41) is 3.15. The maximum absolute atomic E-state index is 13.1. The van der Waals surface area contributed by atoms with Crippen molar-refractivity contribution in [2.45, 2.75) is 200 Å². The summed E-state index contributed by atoms with van der Waals surface area (Å²) in [5.74, 6) is 1.19. The fraction of sp³-hybridized carbons (Fsp3) is 0.795. The molecule has 0 atom stereocenters. The molecule has 8 heteroatoms. The number of aromatic nitrogens is 4. The van der Waals surface area contributed by atoms with Crippen LogP contribution in [-0.4, -0.2) is 31.3 Å².